The van der Waals surface area contributed by atoms with Gasteiger partial charge in [0.1, 0.15) is 0 Å². The van der Waals surface area contributed by atoms with Gasteiger partial charge < -0.3 is 0 Å². The van der Waals surface area contributed by atoms with Crippen LogP contribution in [-0.4, -0.2) is 19.2 Å². The second kappa shape index (κ2) is 8.99. The van der Waals surface area contributed by atoms with Gasteiger partial charge in [0, 0.05) is 26.8 Å². The number of halogens is 1. The van der Waals surface area contributed by atoms with Gasteiger partial charge in [-0.25, -0.2) is 4.57 Å². The predicted molar refractivity (Wildman–Crippen MR) is 152 cm³/mol. The molecule has 2 aliphatic carbocycles. The second-order valence-corrected chi connectivity index (χ2v) is 11.9. The van der Waals surface area contributed by atoms with Gasteiger partial charge in [-0.05, 0) is 54.7 Å². The Kier molecular flexibility index (Phi) is 5.59. The fraction of sp³-hybridized carbons (Fsp3) is 0.233. The number of hydrogen-bond donors (Lipinski definition) is 0. The molecule has 0 N–H and O–H groups in total. The summed E-state index contributed by atoms with van der Waals surface area (Å²) in [5.41, 5.74) is 6.29. The average molecular weight is 570 g/mol. The second-order valence-electron chi connectivity index (χ2n) is 10.1. The molecule has 0 radical (unpaired) electrons. The van der Waals surface area contributed by atoms with Gasteiger partial charge in [-0.2, -0.15) is 0 Å². The Morgan fingerprint density at radius 3 is 2.41 bits per heavy atom. The summed E-state index contributed by atoms with van der Waals surface area (Å²) in [7, 11) is 0. The van der Waals surface area contributed by atoms with E-state index in [1.54, 1.807) is 16.3 Å². The highest BCUT2D eigenvalue weighted by atomic mass is 79.9. The van der Waals surface area contributed by atoms with Crippen molar-refractivity contribution in [3.05, 3.63) is 110 Å². The van der Waals surface area contributed by atoms with Crippen molar-refractivity contribution in [2.24, 2.45) is 0 Å². The summed E-state index contributed by atoms with van der Waals surface area (Å²) >= 11 is 5.19. The average Bonchev–Trinajstić information content (AvgIpc) is 3.56. The van der Waals surface area contributed by atoms with Crippen LogP contribution in [0.4, 0.5) is 0 Å². The zero-order valence-electron chi connectivity index (χ0n) is 20.2. The van der Waals surface area contributed by atoms with Crippen molar-refractivity contribution < 1.29 is 0 Å². The zero-order chi connectivity index (χ0) is 25.0. The third-order valence-corrected chi connectivity index (χ3v) is 9.41. The number of rotatable bonds is 4. The minimum atomic E-state index is -0.149. The van der Waals surface area contributed by atoms with Crippen LogP contribution in [0.15, 0.2) is 93.3 Å². The molecule has 37 heavy (non-hydrogen) atoms. The van der Waals surface area contributed by atoms with E-state index in [1.807, 2.05) is 30.3 Å². The van der Waals surface area contributed by atoms with E-state index in [1.165, 1.54) is 11.1 Å². The van der Waals surface area contributed by atoms with E-state index in [-0.39, 0.29) is 11.0 Å². The molecule has 3 aromatic carbocycles. The summed E-state index contributed by atoms with van der Waals surface area (Å²) in [4.78, 5) is 14.5. The fourth-order valence-electron chi connectivity index (χ4n) is 6.22. The van der Waals surface area contributed by atoms with Gasteiger partial charge in [0.05, 0.1) is 11.4 Å². The van der Waals surface area contributed by atoms with E-state index < -0.39 is 0 Å². The first-order chi connectivity index (χ1) is 18.1. The lowest BCUT2D eigenvalue weighted by Gasteiger charge is -2.37. The fourth-order valence-corrected chi connectivity index (χ4v) is 7.37. The third-order valence-electron chi connectivity index (χ3n) is 7.88. The smallest absolute Gasteiger partial charge is 0.263 e. The van der Waals surface area contributed by atoms with Crippen molar-refractivity contribution >= 4 is 33.5 Å². The van der Waals surface area contributed by atoms with Crippen molar-refractivity contribution in [3.63, 3.8) is 0 Å². The number of benzene rings is 3. The van der Waals surface area contributed by atoms with Crippen LogP contribution in [-0.2, 0) is 17.6 Å². The number of thioether (sulfide) groups is 1. The first kappa shape index (κ1) is 23.0. The molecule has 0 atom stereocenters. The van der Waals surface area contributed by atoms with E-state index >= 15 is 0 Å². The number of nitrogens with zero attached hydrogens (tertiary/aromatic N) is 4. The molecule has 7 rings (SSSR count). The number of para-hydroxylation sites is 1. The molecule has 5 aromatic rings. The first-order valence-corrected chi connectivity index (χ1v) is 14.5. The molecule has 2 aliphatic rings. The zero-order valence-corrected chi connectivity index (χ0v) is 22.6. The van der Waals surface area contributed by atoms with Gasteiger partial charge >= 0.3 is 0 Å². The molecule has 2 heterocycles. The van der Waals surface area contributed by atoms with Gasteiger partial charge in [0.25, 0.3) is 5.56 Å². The van der Waals surface area contributed by atoms with Gasteiger partial charge in [0.15, 0.2) is 5.16 Å². The molecule has 2 aromatic heterocycles. The Balaban J connectivity index is 1.53. The SMILES string of the molecule is O=c1c2c(n3c(SCc4ccc(Br)cc4)nnc3n1-c1ccccc1)-c1ccccc1CC21CCCC1. The molecular formula is C30H25BrN4OS. The lowest BCUT2D eigenvalue weighted by Crippen LogP contribution is -2.40. The highest BCUT2D eigenvalue weighted by molar-refractivity contribution is 9.10. The minimum Gasteiger partial charge on any atom is -0.268 e. The quantitative estimate of drug-likeness (QED) is 0.220. The van der Waals surface area contributed by atoms with Crippen LogP contribution in [0.1, 0.15) is 42.4 Å². The van der Waals surface area contributed by atoms with Gasteiger partial charge in [-0.1, -0.05) is 95.1 Å². The van der Waals surface area contributed by atoms with Gasteiger partial charge in [-0.15, -0.1) is 10.2 Å². The molecule has 7 heteroatoms. The van der Waals surface area contributed by atoms with E-state index in [9.17, 15) is 4.79 Å². The molecule has 5 nitrogen and oxygen atoms in total. The molecule has 0 bridgehead atoms. The Hall–Kier alpha value is -3.16. The van der Waals surface area contributed by atoms with Crippen LogP contribution in [0.3, 0.4) is 0 Å². The molecule has 1 fully saturated rings. The summed E-state index contributed by atoms with van der Waals surface area (Å²) in [5, 5.41) is 10.1. The summed E-state index contributed by atoms with van der Waals surface area (Å²) in [5.74, 6) is 1.33. The van der Waals surface area contributed by atoms with Crippen LogP contribution in [0.2, 0.25) is 0 Å². The predicted octanol–water partition coefficient (Wildman–Crippen LogP) is 6.97. The maximum atomic E-state index is 14.5. The molecule has 1 saturated carbocycles. The standard InChI is InChI=1S/C30H25BrN4OS/c31-22-14-12-20(13-15-22)19-37-29-33-32-28-34(23-9-2-1-3-10-23)27(36)25-26(35(28)29)24-11-5-4-8-21(24)18-30(25)16-6-7-17-30/h1-5,8-15H,6-7,16-19H2. The van der Waals surface area contributed by atoms with Crippen LogP contribution in [0.5, 0.6) is 0 Å². The molecular weight excluding hydrogens is 544 g/mol. The molecule has 0 aliphatic heterocycles. The van der Waals surface area contributed by atoms with E-state index in [2.05, 4.69) is 79.1 Å². The molecule has 0 unspecified atom stereocenters. The number of fused-ring (bicyclic) bond motifs is 6. The van der Waals surface area contributed by atoms with E-state index in [0.717, 1.165) is 70.0 Å². The molecule has 0 amide bonds. The Morgan fingerprint density at radius 2 is 1.62 bits per heavy atom. The van der Waals surface area contributed by atoms with Gasteiger partial charge in [-0.3, -0.25) is 9.20 Å². The number of aromatic nitrogens is 4. The topological polar surface area (TPSA) is 52.2 Å². The van der Waals surface area contributed by atoms with Crippen molar-refractivity contribution in [1.29, 1.82) is 0 Å². The third kappa shape index (κ3) is 3.70. The summed E-state index contributed by atoms with van der Waals surface area (Å²) in [6.07, 6.45) is 5.28. The van der Waals surface area contributed by atoms with E-state index in [4.69, 9.17) is 0 Å². The van der Waals surface area contributed by atoms with Gasteiger partial charge in [0.2, 0.25) is 5.78 Å². The molecule has 0 saturated heterocycles. The lowest BCUT2D eigenvalue weighted by molar-refractivity contribution is 0.424. The van der Waals surface area contributed by atoms with Crippen LogP contribution in [0, 0.1) is 0 Å². The maximum absolute atomic E-state index is 14.5. The van der Waals surface area contributed by atoms with Crippen molar-refractivity contribution in [2.45, 2.75) is 48.4 Å². The van der Waals surface area contributed by atoms with E-state index in [0.29, 0.717) is 5.78 Å². The van der Waals surface area contributed by atoms with Crippen molar-refractivity contribution in [2.75, 3.05) is 0 Å². The monoisotopic (exact) mass is 568 g/mol. The van der Waals surface area contributed by atoms with Crippen molar-refractivity contribution in [3.8, 4) is 16.9 Å². The van der Waals surface area contributed by atoms with Crippen molar-refractivity contribution in [1.82, 2.24) is 19.2 Å². The Bertz CT molecular complexity index is 1690. The highest BCUT2D eigenvalue weighted by Crippen LogP contribution is 2.50. The maximum Gasteiger partial charge on any atom is 0.263 e. The number of hydrogen-bond acceptors (Lipinski definition) is 4. The largest absolute Gasteiger partial charge is 0.268 e. The Labute approximate surface area is 227 Å². The van der Waals surface area contributed by atoms with Crippen LogP contribution < -0.4 is 5.56 Å². The lowest BCUT2D eigenvalue weighted by atomic mass is 9.68. The summed E-state index contributed by atoms with van der Waals surface area (Å²) < 4.78 is 5.00. The minimum absolute atomic E-state index is 0.0435. The van der Waals surface area contributed by atoms with Crippen LogP contribution in [0.25, 0.3) is 22.7 Å². The normalized spacial score (nSPS) is 15.7. The molecule has 1 spiro atoms. The summed E-state index contributed by atoms with van der Waals surface area (Å²) in [6, 6.07) is 26.8. The first-order valence-electron chi connectivity index (χ1n) is 12.7. The highest BCUT2D eigenvalue weighted by Gasteiger charge is 2.45. The summed E-state index contributed by atoms with van der Waals surface area (Å²) in [6.45, 7) is 0. The Morgan fingerprint density at radius 1 is 0.892 bits per heavy atom. The molecule has 184 valence electrons. The van der Waals surface area contributed by atoms with Crippen LogP contribution >= 0.6 is 27.7 Å².